The van der Waals surface area contributed by atoms with Gasteiger partial charge in [0.15, 0.2) is 0 Å². The van der Waals surface area contributed by atoms with E-state index in [0.717, 1.165) is 0 Å². The number of carbonyl (C=O) groups excluding carboxylic acids is 1. The van der Waals surface area contributed by atoms with E-state index in [-0.39, 0.29) is 23.1 Å². The number of anilines is 2. The Morgan fingerprint density at radius 3 is 2.55 bits per heavy atom. The molecule has 2 aromatic carbocycles. The van der Waals surface area contributed by atoms with Gasteiger partial charge in [0.05, 0.1) is 11.6 Å². The number of nitrogens with one attached hydrogen (secondary N) is 2. The summed E-state index contributed by atoms with van der Waals surface area (Å²) in [5, 5.41) is 6.66. The summed E-state index contributed by atoms with van der Waals surface area (Å²) in [5.74, 6) is -0.866. The van der Waals surface area contributed by atoms with Crippen LogP contribution in [0.3, 0.4) is 0 Å². The van der Waals surface area contributed by atoms with Gasteiger partial charge in [0.25, 0.3) is 5.91 Å². The molecule has 2 aromatic heterocycles. The molecule has 0 radical (unpaired) electrons. The highest BCUT2D eigenvalue weighted by molar-refractivity contribution is 6.31. The third-order valence-corrected chi connectivity index (χ3v) is 4.60. The maximum absolute atomic E-state index is 13.2. The van der Waals surface area contributed by atoms with E-state index in [4.69, 9.17) is 16.0 Å². The molecule has 8 heteroatoms. The quantitative estimate of drug-likeness (QED) is 0.457. The van der Waals surface area contributed by atoms with Gasteiger partial charge in [-0.05, 0) is 48.0 Å². The molecule has 0 aliphatic carbocycles. The SMILES string of the molecule is O=C(NCc1ccc(F)cc1Cl)c1cc2occc2c(Nc2ccc(F)cc2)n1. The maximum Gasteiger partial charge on any atom is 0.270 e. The zero-order chi connectivity index (χ0) is 20.4. The van der Waals surface area contributed by atoms with Gasteiger partial charge in [-0.25, -0.2) is 13.8 Å². The van der Waals surface area contributed by atoms with Crippen LogP contribution in [0.25, 0.3) is 11.0 Å². The molecule has 0 aliphatic rings. The zero-order valence-corrected chi connectivity index (χ0v) is 15.6. The van der Waals surface area contributed by atoms with Crippen LogP contribution in [0.4, 0.5) is 20.3 Å². The molecule has 2 heterocycles. The van der Waals surface area contributed by atoms with Gasteiger partial charge in [0, 0.05) is 23.3 Å². The van der Waals surface area contributed by atoms with Crippen LogP contribution in [0.1, 0.15) is 16.1 Å². The fraction of sp³-hybridized carbons (Fsp3) is 0.0476. The topological polar surface area (TPSA) is 67.2 Å². The van der Waals surface area contributed by atoms with Crippen LogP contribution in [-0.4, -0.2) is 10.9 Å². The fourth-order valence-electron chi connectivity index (χ4n) is 2.78. The Balaban J connectivity index is 1.58. The monoisotopic (exact) mass is 413 g/mol. The molecule has 4 rings (SSSR count). The second kappa shape index (κ2) is 7.89. The number of hydrogen-bond donors (Lipinski definition) is 2. The van der Waals surface area contributed by atoms with Gasteiger partial charge in [-0.2, -0.15) is 0 Å². The lowest BCUT2D eigenvalue weighted by Crippen LogP contribution is -2.24. The summed E-state index contributed by atoms with van der Waals surface area (Å²) < 4.78 is 31.7. The number of fused-ring (bicyclic) bond motifs is 1. The smallest absolute Gasteiger partial charge is 0.270 e. The first kappa shape index (κ1) is 18.9. The molecular formula is C21H14ClF2N3O2. The Morgan fingerprint density at radius 2 is 1.79 bits per heavy atom. The molecule has 0 aliphatic heterocycles. The van der Waals surface area contributed by atoms with Crippen molar-refractivity contribution >= 4 is 40.0 Å². The summed E-state index contributed by atoms with van der Waals surface area (Å²) in [5.41, 5.74) is 1.77. The average molecular weight is 414 g/mol. The number of hydrogen-bond acceptors (Lipinski definition) is 4. The standard InChI is InChI=1S/C21H14ClF2N3O2/c22-17-9-14(24)2-1-12(17)11-25-21(28)18-10-19-16(7-8-29-19)20(27-18)26-15-5-3-13(23)4-6-15/h1-10H,11H2,(H,25,28)(H,26,27). The van der Waals surface area contributed by atoms with Gasteiger partial charge < -0.3 is 15.1 Å². The van der Waals surface area contributed by atoms with Crippen molar-refractivity contribution in [2.24, 2.45) is 0 Å². The van der Waals surface area contributed by atoms with Crippen LogP contribution in [0.2, 0.25) is 5.02 Å². The number of furan rings is 1. The first-order valence-corrected chi connectivity index (χ1v) is 9.00. The van der Waals surface area contributed by atoms with Crippen molar-refractivity contribution in [1.29, 1.82) is 0 Å². The van der Waals surface area contributed by atoms with Crippen LogP contribution in [0.15, 0.2) is 65.3 Å². The summed E-state index contributed by atoms with van der Waals surface area (Å²) in [7, 11) is 0. The van der Waals surface area contributed by atoms with Crippen LogP contribution in [0, 0.1) is 11.6 Å². The fourth-order valence-corrected chi connectivity index (χ4v) is 3.01. The number of amides is 1. The minimum absolute atomic E-state index is 0.108. The van der Waals surface area contributed by atoms with Crippen molar-refractivity contribution in [3.05, 3.63) is 88.8 Å². The van der Waals surface area contributed by atoms with E-state index < -0.39 is 11.7 Å². The van der Waals surface area contributed by atoms with Gasteiger partial charge in [-0.3, -0.25) is 4.79 Å². The van der Waals surface area contributed by atoms with Crippen molar-refractivity contribution in [3.8, 4) is 0 Å². The Kier molecular flexibility index (Phi) is 5.14. The van der Waals surface area contributed by atoms with Crippen molar-refractivity contribution in [2.75, 3.05) is 5.32 Å². The molecule has 0 bridgehead atoms. The highest BCUT2D eigenvalue weighted by Gasteiger charge is 2.15. The lowest BCUT2D eigenvalue weighted by atomic mass is 10.2. The third-order valence-electron chi connectivity index (χ3n) is 4.24. The Hall–Kier alpha value is -3.45. The number of halogens is 3. The molecule has 0 fully saturated rings. The number of rotatable bonds is 5. The van der Waals surface area contributed by atoms with Gasteiger partial charge in [0.2, 0.25) is 0 Å². The van der Waals surface area contributed by atoms with E-state index in [1.165, 1.54) is 42.7 Å². The highest BCUT2D eigenvalue weighted by atomic mass is 35.5. The predicted molar refractivity (Wildman–Crippen MR) is 106 cm³/mol. The normalized spacial score (nSPS) is 10.9. The number of pyridine rings is 1. The highest BCUT2D eigenvalue weighted by Crippen LogP contribution is 2.27. The van der Waals surface area contributed by atoms with E-state index in [1.807, 2.05) is 0 Å². The van der Waals surface area contributed by atoms with E-state index in [0.29, 0.717) is 28.0 Å². The molecule has 146 valence electrons. The van der Waals surface area contributed by atoms with Crippen molar-refractivity contribution in [3.63, 3.8) is 0 Å². The minimum Gasteiger partial charge on any atom is -0.464 e. The Morgan fingerprint density at radius 1 is 1.03 bits per heavy atom. The van der Waals surface area contributed by atoms with E-state index in [1.54, 1.807) is 18.2 Å². The molecule has 0 spiro atoms. The second-order valence-electron chi connectivity index (χ2n) is 6.24. The van der Waals surface area contributed by atoms with Gasteiger partial charge in [-0.1, -0.05) is 17.7 Å². The van der Waals surface area contributed by atoms with E-state index >= 15 is 0 Å². The van der Waals surface area contributed by atoms with Crippen LogP contribution in [-0.2, 0) is 6.54 Å². The maximum atomic E-state index is 13.2. The molecule has 0 atom stereocenters. The minimum atomic E-state index is -0.453. The lowest BCUT2D eigenvalue weighted by Gasteiger charge is -2.10. The third kappa shape index (κ3) is 4.20. The summed E-state index contributed by atoms with van der Waals surface area (Å²) in [4.78, 5) is 17.0. The summed E-state index contributed by atoms with van der Waals surface area (Å²) in [6, 6.07) is 12.9. The van der Waals surface area contributed by atoms with Gasteiger partial charge >= 0.3 is 0 Å². The predicted octanol–water partition coefficient (Wildman–Crippen LogP) is 5.43. The number of nitrogens with zero attached hydrogens (tertiary/aromatic N) is 1. The van der Waals surface area contributed by atoms with Gasteiger partial charge in [-0.15, -0.1) is 0 Å². The number of aromatic nitrogens is 1. The van der Waals surface area contributed by atoms with Gasteiger partial charge in [0.1, 0.15) is 28.7 Å². The summed E-state index contributed by atoms with van der Waals surface area (Å²) in [6.45, 7) is 0.108. The molecule has 5 nitrogen and oxygen atoms in total. The molecule has 2 N–H and O–H groups in total. The number of benzene rings is 2. The first-order valence-electron chi connectivity index (χ1n) is 8.62. The molecule has 0 saturated carbocycles. The second-order valence-corrected chi connectivity index (χ2v) is 6.65. The molecular weight excluding hydrogens is 400 g/mol. The van der Waals surface area contributed by atoms with Crippen molar-refractivity contribution in [2.45, 2.75) is 6.54 Å². The van der Waals surface area contributed by atoms with Crippen LogP contribution >= 0.6 is 11.6 Å². The lowest BCUT2D eigenvalue weighted by molar-refractivity contribution is 0.0946. The largest absolute Gasteiger partial charge is 0.464 e. The first-order chi connectivity index (χ1) is 14.0. The van der Waals surface area contributed by atoms with E-state index in [9.17, 15) is 13.6 Å². The molecule has 0 saturated heterocycles. The summed E-state index contributed by atoms with van der Waals surface area (Å²) in [6.07, 6.45) is 1.49. The molecule has 29 heavy (non-hydrogen) atoms. The zero-order valence-electron chi connectivity index (χ0n) is 14.9. The average Bonchev–Trinajstić information content (AvgIpc) is 3.18. The van der Waals surface area contributed by atoms with Crippen molar-refractivity contribution < 1.29 is 18.0 Å². The Bertz CT molecular complexity index is 1190. The molecule has 1 amide bonds. The molecule has 0 unspecified atom stereocenters. The van der Waals surface area contributed by atoms with Crippen LogP contribution in [0.5, 0.6) is 0 Å². The van der Waals surface area contributed by atoms with Crippen LogP contribution < -0.4 is 10.6 Å². The molecule has 4 aromatic rings. The Labute approximate surface area is 169 Å². The number of carbonyl (C=O) groups is 1. The van der Waals surface area contributed by atoms with Crippen molar-refractivity contribution in [1.82, 2.24) is 10.3 Å². The summed E-state index contributed by atoms with van der Waals surface area (Å²) >= 11 is 5.99. The van der Waals surface area contributed by atoms with E-state index in [2.05, 4.69) is 15.6 Å².